The summed E-state index contributed by atoms with van der Waals surface area (Å²) in [4.78, 5) is 3.32. The molecule has 1 N–H and O–H groups in total. The molecule has 0 atom stereocenters. The molecule has 1 aromatic heterocycles. The third-order valence-corrected chi connectivity index (χ3v) is 2.25. The number of rotatable bonds is 3. The van der Waals surface area contributed by atoms with Crippen LogP contribution in [0.25, 0.3) is 10.9 Å². The zero-order valence-electron chi connectivity index (χ0n) is 8.21. The highest BCUT2D eigenvalue weighted by Crippen LogP contribution is 2.21. The van der Waals surface area contributed by atoms with Crippen molar-refractivity contribution in [1.29, 1.82) is 0 Å². The number of H-pyrrole nitrogens is 1. The van der Waals surface area contributed by atoms with Crippen LogP contribution in [0.3, 0.4) is 0 Å². The molecule has 72 valence electrons. The van der Waals surface area contributed by atoms with Gasteiger partial charge in [0.05, 0.1) is 7.11 Å². The van der Waals surface area contributed by atoms with Gasteiger partial charge in [-0.2, -0.15) is 0 Å². The Kier molecular flexibility index (Phi) is 2.27. The highest BCUT2D eigenvalue weighted by atomic mass is 16.5. The van der Waals surface area contributed by atoms with Gasteiger partial charge >= 0.3 is 0 Å². The molecule has 2 rings (SSSR count). The van der Waals surface area contributed by atoms with Gasteiger partial charge in [-0.05, 0) is 24.3 Å². The molecule has 0 aliphatic heterocycles. The van der Waals surface area contributed by atoms with E-state index >= 15 is 0 Å². The highest BCUT2D eigenvalue weighted by Gasteiger charge is 2.00. The van der Waals surface area contributed by atoms with Gasteiger partial charge in [0.1, 0.15) is 5.75 Å². The Bertz CT molecular complexity index is 456. The Labute approximate surface area is 83.2 Å². The summed E-state index contributed by atoms with van der Waals surface area (Å²) < 4.78 is 5.16. The van der Waals surface area contributed by atoms with Crippen molar-refractivity contribution >= 4 is 10.9 Å². The second-order valence-corrected chi connectivity index (χ2v) is 3.24. The molecule has 1 aromatic carbocycles. The summed E-state index contributed by atoms with van der Waals surface area (Å²) in [6.45, 7) is 3.72. The van der Waals surface area contributed by atoms with Gasteiger partial charge in [0.2, 0.25) is 0 Å². The van der Waals surface area contributed by atoms with Crippen LogP contribution in [0.15, 0.2) is 36.9 Å². The lowest BCUT2D eigenvalue weighted by molar-refractivity contribution is 0.415. The fourth-order valence-corrected chi connectivity index (χ4v) is 1.56. The molecule has 0 bridgehead atoms. The molecule has 2 nitrogen and oxygen atoms in total. The van der Waals surface area contributed by atoms with Crippen molar-refractivity contribution in [3.05, 3.63) is 42.6 Å². The molecule has 0 saturated heterocycles. The number of aromatic amines is 1. The molecule has 0 aliphatic rings. The van der Waals surface area contributed by atoms with Gasteiger partial charge in [-0.25, -0.2) is 0 Å². The van der Waals surface area contributed by atoms with Crippen LogP contribution in [0.1, 0.15) is 5.69 Å². The monoisotopic (exact) mass is 187 g/mol. The van der Waals surface area contributed by atoms with E-state index in [-0.39, 0.29) is 0 Å². The quantitative estimate of drug-likeness (QED) is 0.734. The summed E-state index contributed by atoms with van der Waals surface area (Å²) in [5.74, 6) is 0.890. The van der Waals surface area contributed by atoms with Crippen molar-refractivity contribution in [2.45, 2.75) is 6.42 Å². The summed E-state index contributed by atoms with van der Waals surface area (Å²) in [5, 5.41) is 1.18. The van der Waals surface area contributed by atoms with Crippen molar-refractivity contribution in [3.63, 3.8) is 0 Å². The van der Waals surface area contributed by atoms with E-state index in [2.05, 4.69) is 17.6 Å². The Hall–Kier alpha value is -1.70. The van der Waals surface area contributed by atoms with Gasteiger partial charge in [-0.15, -0.1) is 6.58 Å². The van der Waals surface area contributed by atoms with Crippen LogP contribution in [-0.4, -0.2) is 12.1 Å². The predicted molar refractivity (Wildman–Crippen MR) is 58.8 cm³/mol. The van der Waals surface area contributed by atoms with Crippen molar-refractivity contribution in [3.8, 4) is 5.75 Å². The van der Waals surface area contributed by atoms with Gasteiger partial charge in [0.15, 0.2) is 0 Å². The molecule has 0 amide bonds. The van der Waals surface area contributed by atoms with Crippen LogP contribution in [-0.2, 0) is 6.42 Å². The predicted octanol–water partition coefficient (Wildman–Crippen LogP) is 2.91. The first-order valence-electron chi connectivity index (χ1n) is 4.60. The van der Waals surface area contributed by atoms with Crippen LogP contribution in [0.4, 0.5) is 0 Å². The van der Waals surface area contributed by atoms with Crippen LogP contribution in [0, 0.1) is 0 Å². The normalized spacial score (nSPS) is 10.4. The average molecular weight is 187 g/mol. The Morgan fingerprint density at radius 1 is 1.43 bits per heavy atom. The van der Waals surface area contributed by atoms with Crippen molar-refractivity contribution in [2.75, 3.05) is 7.11 Å². The minimum atomic E-state index is 0.872. The molecular formula is C12H13NO. The number of fused-ring (bicyclic) bond motifs is 1. The zero-order chi connectivity index (χ0) is 9.97. The van der Waals surface area contributed by atoms with E-state index in [0.29, 0.717) is 0 Å². The average Bonchev–Trinajstić information content (AvgIpc) is 2.59. The summed E-state index contributed by atoms with van der Waals surface area (Å²) in [6.07, 6.45) is 2.76. The van der Waals surface area contributed by atoms with E-state index in [1.54, 1.807) is 7.11 Å². The standard InChI is InChI=1S/C12H13NO/c1-3-4-10-7-9-8-11(14-2)5-6-12(9)13-10/h3,5-8,13H,1,4H2,2H3. The first-order valence-corrected chi connectivity index (χ1v) is 4.60. The van der Waals surface area contributed by atoms with Crippen LogP contribution < -0.4 is 4.74 Å². The maximum atomic E-state index is 5.16. The van der Waals surface area contributed by atoms with E-state index in [1.165, 1.54) is 11.1 Å². The molecule has 14 heavy (non-hydrogen) atoms. The van der Waals surface area contributed by atoms with Crippen LogP contribution >= 0.6 is 0 Å². The number of hydrogen-bond donors (Lipinski definition) is 1. The fourth-order valence-electron chi connectivity index (χ4n) is 1.56. The van der Waals surface area contributed by atoms with E-state index < -0.39 is 0 Å². The summed E-state index contributed by atoms with van der Waals surface area (Å²) in [5.41, 5.74) is 2.32. The maximum absolute atomic E-state index is 5.16. The first-order chi connectivity index (χ1) is 6.83. The smallest absolute Gasteiger partial charge is 0.119 e. The third-order valence-electron chi connectivity index (χ3n) is 2.25. The Morgan fingerprint density at radius 3 is 3.00 bits per heavy atom. The lowest BCUT2D eigenvalue weighted by atomic mass is 10.2. The number of nitrogens with one attached hydrogen (secondary N) is 1. The Balaban J connectivity index is 2.48. The first kappa shape index (κ1) is 8.88. The second kappa shape index (κ2) is 3.58. The van der Waals surface area contributed by atoms with Gasteiger partial charge in [0, 0.05) is 23.0 Å². The molecule has 1 heterocycles. The number of allylic oxidation sites excluding steroid dienone is 1. The van der Waals surface area contributed by atoms with E-state index in [4.69, 9.17) is 4.74 Å². The SMILES string of the molecule is C=CCc1cc2cc(OC)ccc2[nH]1. The minimum Gasteiger partial charge on any atom is -0.497 e. The van der Waals surface area contributed by atoms with Gasteiger partial charge in [0.25, 0.3) is 0 Å². The molecule has 2 heteroatoms. The van der Waals surface area contributed by atoms with Gasteiger partial charge in [-0.1, -0.05) is 6.08 Å². The van der Waals surface area contributed by atoms with Crippen LogP contribution in [0.2, 0.25) is 0 Å². The summed E-state index contributed by atoms with van der Waals surface area (Å²) in [7, 11) is 1.68. The fraction of sp³-hybridized carbons (Fsp3) is 0.167. The number of aromatic nitrogens is 1. The van der Waals surface area contributed by atoms with Gasteiger partial charge in [-0.3, -0.25) is 0 Å². The lowest BCUT2D eigenvalue weighted by Crippen LogP contribution is -1.80. The topological polar surface area (TPSA) is 25.0 Å². The number of methoxy groups -OCH3 is 1. The number of hydrogen-bond acceptors (Lipinski definition) is 1. The molecule has 0 fully saturated rings. The molecule has 0 aliphatic carbocycles. The zero-order valence-corrected chi connectivity index (χ0v) is 8.21. The lowest BCUT2D eigenvalue weighted by Gasteiger charge is -1.97. The second-order valence-electron chi connectivity index (χ2n) is 3.24. The Morgan fingerprint density at radius 2 is 2.29 bits per heavy atom. The molecule has 0 spiro atoms. The molecule has 0 saturated carbocycles. The minimum absolute atomic E-state index is 0.872. The maximum Gasteiger partial charge on any atom is 0.119 e. The number of ether oxygens (including phenoxy) is 1. The van der Waals surface area contributed by atoms with Gasteiger partial charge < -0.3 is 9.72 Å². The van der Waals surface area contributed by atoms with Crippen molar-refractivity contribution in [1.82, 2.24) is 4.98 Å². The van der Waals surface area contributed by atoms with E-state index in [9.17, 15) is 0 Å². The third kappa shape index (κ3) is 1.51. The van der Waals surface area contributed by atoms with E-state index in [0.717, 1.165) is 17.7 Å². The summed E-state index contributed by atoms with van der Waals surface area (Å²) >= 11 is 0. The summed E-state index contributed by atoms with van der Waals surface area (Å²) in [6, 6.07) is 8.13. The molecule has 0 radical (unpaired) electrons. The largest absolute Gasteiger partial charge is 0.497 e. The molecule has 2 aromatic rings. The van der Waals surface area contributed by atoms with Crippen molar-refractivity contribution in [2.24, 2.45) is 0 Å². The van der Waals surface area contributed by atoms with E-state index in [1.807, 2.05) is 24.3 Å². The molecular weight excluding hydrogens is 174 g/mol. The highest BCUT2D eigenvalue weighted by molar-refractivity contribution is 5.81. The molecule has 0 unspecified atom stereocenters. The van der Waals surface area contributed by atoms with Crippen LogP contribution in [0.5, 0.6) is 5.75 Å². The van der Waals surface area contributed by atoms with Crippen molar-refractivity contribution < 1.29 is 4.74 Å². The number of benzene rings is 1.